The van der Waals surface area contributed by atoms with Gasteiger partial charge in [-0.15, -0.1) is 11.8 Å². The summed E-state index contributed by atoms with van der Waals surface area (Å²) in [5, 5.41) is 3.01. The molecule has 2 aromatic rings. The number of fused-ring (bicyclic) bond motifs is 1. The molecule has 1 heterocycles. The Morgan fingerprint density at radius 3 is 2.95 bits per heavy atom. The number of carbonyl (C=O) groups is 1. The quantitative estimate of drug-likeness (QED) is 0.865. The van der Waals surface area contributed by atoms with Crippen molar-refractivity contribution in [3.05, 3.63) is 52.5 Å². The highest BCUT2D eigenvalue weighted by Crippen LogP contribution is 2.34. The molecule has 1 N–H and O–H groups in total. The maximum atomic E-state index is 12.4. The molecular formula is C17H17BrN2OS. The fourth-order valence-electron chi connectivity index (χ4n) is 2.52. The number of anilines is 2. The first-order valence-electron chi connectivity index (χ1n) is 7.16. The Kier molecular flexibility index (Phi) is 4.74. The molecule has 0 atom stereocenters. The summed E-state index contributed by atoms with van der Waals surface area (Å²) in [5.41, 5.74) is 3.08. The first kappa shape index (κ1) is 15.4. The number of carbonyl (C=O) groups excluding carboxylic acids is 1. The van der Waals surface area contributed by atoms with Crippen LogP contribution in [0.25, 0.3) is 0 Å². The molecule has 0 saturated heterocycles. The monoisotopic (exact) mass is 376 g/mol. The van der Waals surface area contributed by atoms with E-state index < -0.39 is 0 Å². The van der Waals surface area contributed by atoms with Gasteiger partial charge in [-0.25, -0.2) is 0 Å². The lowest BCUT2D eigenvalue weighted by atomic mass is 10.2. The first-order valence-corrected chi connectivity index (χ1v) is 8.94. The van der Waals surface area contributed by atoms with Gasteiger partial charge < -0.3 is 10.2 Å². The van der Waals surface area contributed by atoms with Crippen molar-refractivity contribution in [2.45, 2.75) is 11.8 Å². The second-order valence-corrected chi connectivity index (χ2v) is 7.30. The van der Waals surface area contributed by atoms with Crippen LogP contribution in [0.3, 0.4) is 0 Å². The van der Waals surface area contributed by atoms with E-state index in [0.29, 0.717) is 6.54 Å². The van der Waals surface area contributed by atoms with Gasteiger partial charge in [0.15, 0.2) is 0 Å². The summed E-state index contributed by atoms with van der Waals surface area (Å²) in [7, 11) is 0. The Bertz CT molecular complexity index is 705. The van der Waals surface area contributed by atoms with Gasteiger partial charge in [0.05, 0.1) is 12.2 Å². The van der Waals surface area contributed by atoms with Crippen molar-refractivity contribution in [3.63, 3.8) is 0 Å². The van der Waals surface area contributed by atoms with Crippen molar-refractivity contribution in [1.82, 2.24) is 0 Å². The van der Waals surface area contributed by atoms with E-state index in [9.17, 15) is 4.79 Å². The number of amides is 1. The van der Waals surface area contributed by atoms with Crippen LogP contribution in [-0.4, -0.2) is 24.7 Å². The van der Waals surface area contributed by atoms with Crippen molar-refractivity contribution < 1.29 is 4.79 Å². The number of hydrogen-bond acceptors (Lipinski definition) is 3. The van der Waals surface area contributed by atoms with Gasteiger partial charge in [0.1, 0.15) is 0 Å². The van der Waals surface area contributed by atoms with Crippen molar-refractivity contribution in [2.75, 3.05) is 29.1 Å². The van der Waals surface area contributed by atoms with E-state index in [0.717, 1.165) is 33.7 Å². The summed E-state index contributed by atoms with van der Waals surface area (Å²) in [6.45, 7) is 3.27. The van der Waals surface area contributed by atoms with Gasteiger partial charge in [-0.1, -0.05) is 28.1 Å². The normalized spacial score (nSPS) is 13.6. The lowest BCUT2D eigenvalue weighted by Crippen LogP contribution is -2.36. The Hall–Kier alpha value is -1.46. The number of nitrogens with one attached hydrogen (secondary N) is 1. The van der Waals surface area contributed by atoms with E-state index in [2.05, 4.69) is 38.3 Å². The van der Waals surface area contributed by atoms with E-state index in [4.69, 9.17) is 0 Å². The van der Waals surface area contributed by atoms with Gasteiger partial charge in [-0.2, -0.15) is 0 Å². The first-order chi connectivity index (χ1) is 10.6. The SMILES string of the molecule is Cc1cc(Br)ccc1NC(=O)CN1CCSc2ccccc21. The van der Waals surface area contributed by atoms with Crippen LogP contribution in [0.4, 0.5) is 11.4 Å². The number of para-hydroxylation sites is 1. The fraction of sp³-hybridized carbons (Fsp3) is 0.235. The van der Waals surface area contributed by atoms with Crippen LogP contribution in [0, 0.1) is 6.92 Å². The maximum Gasteiger partial charge on any atom is 0.243 e. The smallest absolute Gasteiger partial charge is 0.243 e. The van der Waals surface area contributed by atoms with Crippen LogP contribution in [0.1, 0.15) is 5.56 Å². The molecule has 1 amide bonds. The largest absolute Gasteiger partial charge is 0.360 e. The maximum absolute atomic E-state index is 12.4. The Morgan fingerprint density at radius 2 is 2.14 bits per heavy atom. The Balaban J connectivity index is 1.70. The van der Waals surface area contributed by atoms with Gasteiger partial charge in [-0.05, 0) is 42.8 Å². The molecular weight excluding hydrogens is 360 g/mol. The highest BCUT2D eigenvalue weighted by Gasteiger charge is 2.19. The van der Waals surface area contributed by atoms with Gasteiger partial charge in [0, 0.05) is 27.4 Å². The van der Waals surface area contributed by atoms with Crippen LogP contribution in [-0.2, 0) is 4.79 Å². The van der Waals surface area contributed by atoms with Crippen LogP contribution in [0.15, 0.2) is 51.8 Å². The van der Waals surface area contributed by atoms with Crippen LogP contribution in [0.2, 0.25) is 0 Å². The van der Waals surface area contributed by atoms with Gasteiger partial charge in [0.2, 0.25) is 5.91 Å². The number of nitrogens with zero attached hydrogens (tertiary/aromatic N) is 1. The zero-order valence-electron chi connectivity index (χ0n) is 12.3. The predicted molar refractivity (Wildman–Crippen MR) is 96.9 cm³/mol. The highest BCUT2D eigenvalue weighted by molar-refractivity contribution is 9.10. The number of halogens is 1. The molecule has 0 saturated carbocycles. The van der Waals surface area contributed by atoms with Crippen molar-refractivity contribution in [1.29, 1.82) is 0 Å². The number of benzene rings is 2. The zero-order chi connectivity index (χ0) is 15.5. The molecule has 22 heavy (non-hydrogen) atoms. The highest BCUT2D eigenvalue weighted by atomic mass is 79.9. The molecule has 0 aromatic heterocycles. The van der Waals surface area contributed by atoms with Gasteiger partial charge >= 0.3 is 0 Å². The summed E-state index contributed by atoms with van der Waals surface area (Å²) >= 11 is 5.29. The van der Waals surface area contributed by atoms with Crippen LogP contribution in [0.5, 0.6) is 0 Å². The molecule has 0 radical (unpaired) electrons. The van der Waals surface area contributed by atoms with E-state index in [1.165, 1.54) is 4.90 Å². The molecule has 0 aliphatic carbocycles. The molecule has 1 aliphatic heterocycles. The van der Waals surface area contributed by atoms with Crippen molar-refractivity contribution >= 4 is 45.0 Å². The number of thioether (sulfide) groups is 1. The minimum atomic E-state index is 0.0205. The van der Waals surface area contributed by atoms with E-state index in [1.807, 2.05) is 49.0 Å². The van der Waals surface area contributed by atoms with E-state index in [1.54, 1.807) is 0 Å². The molecule has 3 nitrogen and oxygen atoms in total. The number of hydrogen-bond donors (Lipinski definition) is 1. The molecule has 5 heteroatoms. The van der Waals surface area contributed by atoms with Crippen molar-refractivity contribution in [2.24, 2.45) is 0 Å². The minimum Gasteiger partial charge on any atom is -0.360 e. The predicted octanol–water partition coefficient (Wildman–Crippen LogP) is 4.31. The third-order valence-electron chi connectivity index (χ3n) is 3.62. The van der Waals surface area contributed by atoms with Crippen LogP contribution < -0.4 is 10.2 Å². The molecule has 0 fully saturated rings. The molecule has 0 bridgehead atoms. The third-order valence-corrected chi connectivity index (χ3v) is 5.16. The second-order valence-electron chi connectivity index (χ2n) is 5.25. The molecule has 2 aromatic carbocycles. The standard InChI is InChI=1S/C17H17BrN2OS/c1-12-10-13(18)6-7-14(12)19-17(21)11-20-8-9-22-16-5-3-2-4-15(16)20/h2-7,10H,8-9,11H2,1H3,(H,19,21). The zero-order valence-corrected chi connectivity index (χ0v) is 14.7. The van der Waals surface area contributed by atoms with E-state index in [-0.39, 0.29) is 5.91 Å². The molecule has 1 aliphatic rings. The van der Waals surface area contributed by atoms with E-state index >= 15 is 0 Å². The lowest BCUT2D eigenvalue weighted by molar-refractivity contribution is -0.115. The average molecular weight is 377 g/mol. The fourth-order valence-corrected chi connectivity index (χ4v) is 4.05. The summed E-state index contributed by atoms with van der Waals surface area (Å²) in [5.74, 6) is 1.04. The number of rotatable bonds is 3. The Morgan fingerprint density at radius 1 is 1.32 bits per heavy atom. The lowest BCUT2D eigenvalue weighted by Gasteiger charge is -2.30. The molecule has 0 unspecified atom stereocenters. The van der Waals surface area contributed by atoms with Crippen molar-refractivity contribution in [3.8, 4) is 0 Å². The molecule has 114 valence electrons. The van der Waals surface area contributed by atoms with Crippen LogP contribution >= 0.6 is 27.7 Å². The molecule has 0 spiro atoms. The average Bonchev–Trinajstić information content (AvgIpc) is 2.50. The van der Waals surface area contributed by atoms with Gasteiger partial charge in [-0.3, -0.25) is 4.79 Å². The summed E-state index contributed by atoms with van der Waals surface area (Å²) in [4.78, 5) is 15.8. The summed E-state index contributed by atoms with van der Waals surface area (Å²) in [6, 6.07) is 14.1. The summed E-state index contributed by atoms with van der Waals surface area (Å²) in [6.07, 6.45) is 0. The third kappa shape index (κ3) is 3.47. The second kappa shape index (κ2) is 6.75. The number of aryl methyl sites for hydroxylation is 1. The Labute approximate surface area is 143 Å². The van der Waals surface area contributed by atoms with Gasteiger partial charge in [0.25, 0.3) is 0 Å². The minimum absolute atomic E-state index is 0.0205. The summed E-state index contributed by atoms with van der Waals surface area (Å²) < 4.78 is 1.02. The topological polar surface area (TPSA) is 32.3 Å². The molecule has 3 rings (SSSR count).